The molecule has 0 aliphatic carbocycles. The summed E-state index contributed by atoms with van der Waals surface area (Å²) in [6, 6.07) is 3.05. The highest BCUT2D eigenvalue weighted by Gasteiger charge is 2.12. The van der Waals surface area contributed by atoms with E-state index in [-0.39, 0.29) is 5.69 Å². The van der Waals surface area contributed by atoms with E-state index in [2.05, 4.69) is 25.9 Å². The van der Waals surface area contributed by atoms with E-state index in [9.17, 15) is 10.1 Å². The zero-order valence-corrected chi connectivity index (χ0v) is 8.43. The predicted molar refractivity (Wildman–Crippen MR) is 53.9 cm³/mol. The second-order valence-electron chi connectivity index (χ2n) is 2.64. The molecule has 0 N–H and O–H groups in total. The molecule has 0 atom stereocenters. The normalized spacial score (nSPS) is 10.4. The predicted octanol–water partition coefficient (Wildman–Crippen LogP) is 2.30. The van der Waals surface area contributed by atoms with Gasteiger partial charge >= 0.3 is 0 Å². The molecule has 1 heterocycles. The van der Waals surface area contributed by atoms with E-state index in [1.807, 2.05) is 0 Å². The van der Waals surface area contributed by atoms with Crippen LogP contribution >= 0.6 is 15.9 Å². The number of hydrogen-bond donors (Lipinski definition) is 0. The van der Waals surface area contributed by atoms with Gasteiger partial charge in [-0.25, -0.2) is 9.97 Å². The van der Waals surface area contributed by atoms with Gasteiger partial charge in [-0.2, -0.15) is 0 Å². The van der Waals surface area contributed by atoms with Crippen molar-refractivity contribution in [2.24, 2.45) is 0 Å². The Bertz CT molecular complexity index is 515. The van der Waals surface area contributed by atoms with Crippen molar-refractivity contribution in [3.8, 4) is 0 Å². The summed E-state index contributed by atoms with van der Waals surface area (Å²) in [4.78, 5) is 17.9. The average Bonchev–Trinajstić information content (AvgIpc) is 2.16. The molecule has 0 amide bonds. The molecule has 0 saturated carbocycles. The van der Waals surface area contributed by atoms with Crippen LogP contribution in [0.5, 0.6) is 0 Å². The van der Waals surface area contributed by atoms with Gasteiger partial charge < -0.3 is 0 Å². The molecule has 0 aliphatic rings. The summed E-state index contributed by atoms with van der Waals surface area (Å²) < 4.78 is 0.425. The Labute approximate surface area is 87.1 Å². The van der Waals surface area contributed by atoms with Crippen LogP contribution in [0.4, 0.5) is 5.69 Å². The third kappa shape index (κ3) is 1.44. The minimum atomic E-state index is -0.448. The lowest BCUT2D eigenvalue weighted by molar-refractivity contribution is -0.385. The lowest BCUT2D eigenvalue weighted by Crippen LogP contribution is -1.90. The molecule has 0 fully saturated rings. The Kier molecular flexibility index (Phi) is 2.12. The van der Waals surface area contributed by atoms with Gasteiger partial charge in [-0.3, -0.25) is 10.1 Å². The number of fused-ring (bicyclic) bond motifs is 1. The SMILES string of the molecule is O=[N+]([O-])c1cc2cncnc2cc1Br. The second-order valence-corrected chi connectivity index (χ2v) is 3.50. The van der Waals surface area contributed by atoms with Gasteiger partial charge in [-0.05, 0) is 22.0 Å². The van der Waals surface area contributed by atoms with Gasteiger partial charge in [0.2, 0.25) is 0 Å². The maximum absolute atomic E-state index is 10.6. The van der Waals surface area contributed by atoms with E-state index in [1.54, 1.807) is 12.3 Å². The molecule has 5 nitrogen and oxygen atoms in total. The number of benzene rings is 1. The smallest absolute Gasteiger partial charge is 0.258 e. The lowest BCUT2D eigenvalue weighted by atomic mass is 10.2. The molecule has 0 spiro atoms. The largest absolute Gasteiger partial charge is 0.284 e. The van der Waals surface area contributed by atoms with Crippen LogP contribution in [0.25, 0.3) is 10.9 Å². The molecule has 1 aromatic carbocycles. The molecular formula is C8H4BrN3O2. The van der Waals surface area contributed by atoms with Crippen molar-refractivity contribution in [1.29, 1.82) is 0 Å². The van der Waals surface area contributed by atoms with Crippen LogP contribution in [0.2, 0.25) is 0 Å². The van der Waals surface area contributed by atoms with E-state index in [4.69, 9.17) is 0 Å². The van der Waals surface area contributed by atoms with E-state index < -0.39 is 4.92 Å². The number of hydrogen-bond acceptors (Lipinski definition) is 4. The minimum Gasteiger partial charge on any atom is -0.258 e. The zero-order valence-electron chi connectivity index (χ0n) is 6.85. The standard InChI is InChI=1S/C8H4BrN3O2/c9-6-2-7-5(3-10-4-11-7)1-8(6)12(13)14/h1-4H. The number of nitro groups is 1. The summed E-state index contributed by atoms with van der Waals surface area (Å²) in [6.45, 7) is 0. The average molecular weight is 254 g/mol. The van der Waals surface area contributed by atoms with Crippen molar-refractivity contribution >= 4 is 32.5 Å². The monoisotopic (exact) mass is 253 g/mol. The quantitative estimate of drug-likeness (QED) is 0.578. The molecule has 0 unspecified atom stereocenters. The van der Waals surface area contributed by atoms with Crippen LogP contribution in [0.15, 0.2) is 29.1 Å². The molecule has 2 rings (SSSR count). The van der Waals surface area contributed by atoms with Crippen LogP contribution in [0.3, 0.4) is 0 Å². The van der Waals surface area contributed by atoms with E-state index in [1.165, 1.54) is 12.4 Å². The summed E-state index contributed by atoms with van der Waals surface area (Å²) >= 11 is 3.12. The van der Waals surface area contributed by atoms with Crippen molar-refractivity contribution in [3.05, 3.63) is 39.2 Å². The summed E-state index contributed by atoms with van der Waals surface area (Å²) in [6.07, 6.45) is 2.95. The number of nitro benzene ring substituents is 1. The second kappa shape index (κ2) is 3.30. The van der Waals surface area contributed by atoms with Crippen molar-refractivity contribution < 1.29 is 4.92 Å². The van der Waals surface area contributed by atoms with Crippen molar-refractivity contribution in [2.75, 3.05) is 0 Å². The topological polar surface area (TPSA) is 68.9 Å². The van der Waals surface area contributed by atoms with Gasteiger partial charge in [-0.15, -0.1) is 0 Å². The van der Waals surface area contributed by atoms with Crippen molar-refractivity contribution in [2.45, 2.75) is 0 Å². The summed E-state index contributed by atoms with van der Waals surface area (Å²) in [5.41, 5.74) is 0.699. The Morgan fingerprint density at radius 3 is 2.93 bits per heavy atom. The minimum absolute atomic E-state index is 0.0206. The molecule has 0 radical (unpaired) electrons. The summed E-state index contributed by atoms with van der Waals surface area (Å²) in [7, 11) is 0. The van der Waals surface area contributed by atoms with Crippen LogP contribution < -0.4 is 0 Å². The van der Waals surface area contributed by atoms with Crippen molar-refractivity contribution in [3.63, 3.8) is 0 Å². The fraction of sp³-hybridized carbons (Fsp3) is 0. The highest BCUT2D eigenvalue weighted by Crippen LogP contribution is 2.28. The first-order valence-electron chi connectivity index (χ1n) is 3.72. The highest BCUT2D eigenvalue weighted by molar-refractivity contribution is 9.10. The molecule has 6 heteroatoms. The molecular weight excluding hydrogens is 250 g/mol. The zero-order chi connectivity index (χ0) is 10.1. The van der Waals surface area contributed by atoms with Crippen LogP contribution in [-0.4, -0.2) is 14.9 Å². The van der Waals surface area contributed by atoms with E-state index >= 15 is 0 Å². The summed E-state index contributed by atoms with van der Waals surface area (Å²) in [5, 5.41) is 11.3. The van der Waals surface area contributed by atoms with Gasteiger partial charge in [-0.1, -0.05) is 0 Å². The fourth-order valence-electron chi connectivity index (χ4n) is 1.13. The molecule has 0 bridgehead atoms. The highest BCUT2D eigenvalue weighted by atomic mass is 79.9. The molecule has 1 aromatic heterocycles. The van der Waals surface area contributed by atoms with Gasteiger partial charge in [0.25, 0.3) is 5.69 Å². The first-order valence-corrected chi connectivity index (χ1v) is 4.51. The van der Waals surface area contributed by atoms with Gasteiger partial charge in [0, 0.05) is 17.6 Å². The summed E-state index contributed by atoms with van der Waals surface area (Å²) in [5.74, 6) is 0. The first-order chi connectivity index (χ1) is 6.68. The number of aromatic nitrogens is 2. The fourth-order valence-corrected chi connectivity index (χ4v) is 1.61. The van der Waals surface area contributed by atoms with Crippen LogP contribution in [0, 0.1) is 10.1 Å². The van der Waals surface area contributed by atoms with Gasteiger partial charge in [0.15, 0.2) is 0 Å². The molecule has 0 saturated heterocycles. The van der Waals surface area contributed by atoms with Crippen LogP contribution in [0.1, 0.15) is 0 Å². The van der Waals surface area contributed by atoms with Gasteiger partial charge in [0.1, 0.15) is 6.33 Å². The maximum Gasteiger partial charge on any atom is 0.284 e. The van der Waals surface area contributed by atoms with E-state index in [0.717, 1.165) is 0 Å². The third-order valence-electron chi connectivity index (χ3n) is 1.77. The van der Waals surface area contributed by atoms with Crippen LogP contribution in [-0.2, 0) is 0 Å². The number of halogens is 1. The lowest BCUT2D eigenvalue weighted by Gasteiger charge is -1.98. The Hall–Kier alpha value is -1.56. The van der Waals surface area contributed by atoms with E-state index in [0.29, 0.717) is 15.4 Å². The van der Waals surface area contributed by atoms with Gasteiger partial charge in [0.05, 0.1) is 14.9 Å². The maximum atomic E-state index is 10.6. The number of nitrogens with zero attached hydrogens (tertiary/aromatic N) is 3. The first kappa shape index (κ1) is 9.01. The third-order valence-corrected chi connectivity index (χ3v) is 2.41. The Morgan fingerprint density at radius 2 is 2.21 bits per heavy atom. The Morgan fingerprint density at radius 1 is 1.43 bits per heavy atom. The molecule has 70 valence electrons. The van der Waals surface area contributed by atoms with Crippen molar-refractivity contribution in [1.82, 2.24) is 9.97 Å². The Balaban J connectivity index is 2.77. The molecule has 14 heavy (non-hydrogen) atoms. The molecule has 2 aromatic rings. The molecule has 0 aliphatic heterocycles. The number of rotatable bonds is 1.